The highest BCUT2D eigenvalue weighted by Crippen LogP contribution is 2.38. The molecule has 0 atom stereocenters. The van der Waals surface area contributed by atoms with Gasteiger partial charge in [-0.15, -0.1) is 0 Å². The molecule has 39 heavy (non-hydrogen) atoms. The van der Waals surface area contributed by atoms with Crippen molar-refractivity contribution in [3.8, 4) is 0 Å². The standard InChI is InChI=1S/C29H24ClF3N2O3S/c1-20-12-15-24(16-13-20)39(37,38)35(23-14-17-26(30)25(18-23)29(31,32)33)19-27(36)34-28(21-8-4-2-5-9-21)22-10-6-3-7-11-22/h2-18,28H,19H2,1H3,(H,34,36). The van der Waals surface area contributed by atoms with Crippen LogP contribution in [0.25, 0.3) is 0 Å². The number of hydrogen-bond donors (Lipinski definition) is 1. The first kappa shape index (κ1) is 28.2. The van der Waals surface area contributed by atoms with Crippen molar-refractivity contribution in [3.63, 3.8) is 0 Å². The molecule has 0 saturated carbocycles. The molecule has 0 aliphatic carbocycles. The molecule has 0 aromatic heterocycles. The van der Waals surface area contributed by atoms with Gasteiger partial charge in [-0.1, -0.05) is 90.0 Å². The Bertz CT molecular complexity index is 1510. The average molecular weight is 573 g/mol. The van der Waals surface area contributed by atoms with Gasteiger partial charge in [0.1, 0.15) is 6.54 Å². The van der Waals surface area contributed by atoms with Crippen LogP contribution in [-0.4, -0.2) is 20.9 Å². The lowest BCUT2D eigenvalue weighted by atomic mass is 9.99. The Kier molecular flexibility index (Phi) is 8.32. The van der Waals surface area contributed by atoms with Gasteiger partial charge in [0.25, 0.3) is 10.0 Å². The highest BCUT2D eigenvalue weighted by molar-refractivity contribution is 7.92. The van der Waals surface area contributed by atoms with Gasteiger partial charge >= 0.3 is 6.18 Å². The molecule has 4 rings (SSSR count). The zero-order chi connectivity index (χ0) is 28.2. The third-order valence-corrected chi connectivity index (χ3v) is 8.13. The third kappa shape index (κ3) is 6.61. The summed E-state index contributed by atoms with van der Waals surface area (Å²) in [6.07, 6.45) is -4.83. The topological polar surface area (TPSA) is 66.5 Å². The molecule has 0 bridgehead atoms. The van der Waals surface area contributed by atoms with Crippen molar-refractivity contribution in [1.29, 1.82) is 0 Å². The van der Waals surface area contributed by atoms with Gasteiger partial charge in [0, 0.05) is 0 Å². The third-order valence-electron chi connectivity index (χ3n) is 6.01. The van der Waals surface area contributed by atoms with E-state index < -0.39 is 45.3 Å². The first-order valence-electron chi connectivity index (χ1n) is 11.8. The summed E-state index contributed by atoms with van der Waals surface area (Å²) in [6.45, 7) is 0.995. The van der Waals surface area contributed by atoms with Gasteiger partial charge in [0.05, 0.1) is 27.2 Å². The molecule has 0 saturated heterocycles. The summed E-state index contributed by atoms with van der Waals surface area (Å²) in [5.41, 5.74) is 0.723. The molecule has 1 N–H and O–H groups in total. The van der Waals surface area contributed by atoms with Crippen LogP contribution in [0.5, 0.6) is 0 Å². The van der Waals surface area contributed by atoms with Gasteiger partial charge in [-0.2, -0.15) is 13.2 Å². The SMILES string of the molecule is Cc1ccc(S(=O)(=O)N(CC(=O)NC(c2ccccc2)c2ccccc2)c2ccc(Cl)c(C(F)(F)F)c2)cc1. The first-order valence-corrected chi connectivity index (χ1v) is 13.6. The van der Waals surface area contributed by atoms with Gasteiger partial charge in [-0.05, 0) is 48.4 Å². The van der Waals surface area contributed by atoms with Crippen LogP contribution in [0, 0.1) is 6.92 Å². The van der Waals surface area contributed by atoms with E-state index >= 15 is 0 Å². The molecule has 0 fully saturated rings. The minimum atomic E-state index is -4.83. The lowest BCUT2D eigenvalue weighted by molar-refractivity contribution is -0.137. The summed E-state index contributed by atoms with van der Waals surface area (Å²) >= 11 is 5.78. The number of sulfonamides is 1. The fourth-order valence-corrected chi connectivity index (χ4v) is 5.66. The number of benzene rings is 4. The predicted octanol–water partition coefficient (Wildman–Crippen LogP) is 6.77. The van der Waals surface area contributed by atoms with Crippen LogP contribution in [-0.2, 0) is 21.0 Å². The van der Waals surface area contributed by atoms with Crippen LogP contribution >= 0.6 is 11.6 Å². The molecular weight excluding hydrogens is 549 g/mol. The summed E-state index contributed by atoms with van der Waals surface area (Å²) in [5.74, 6) is -0.716. The summed E-state index contributed by atoms with van der Waals surface area (Å²) in [5, 5.41) is 2.26. The van der Waals surface area contributed by atoms with Crippen LogP contribution in [0.4, 0.5) is 18.9 Å². The largest absolute Gasteiger partial charge is 0.417 e. The monoisotopic (exact) mass is 572 g/mol. The summed E-state index contributed by atoms with van der Waals surface area (Å²) in [4.78, 5) is 13.2. The number of nitrogens with one attached hydrogen (secondary N) is 1. The van der Waals surface area contributed by atoms with E-state index in [0.29, 0.717) is 10.4 Å². The molecule has 202 valence electrons. The van der Waals surface area contributed by atoms with Gasteiger partial charge in [0.15, 0.2) is 0 Å². The van der Waals surface area contributed by atoms with Crippen molar-refractivity contribution in [3.05, 3.63) is 130 Å². The van der Waals surface area contributed by atoms with Crippen molar-refractivity contribution in [1.82, 2.24) is 5.32 Å². The number of amides is 1. The van der Waals surface area contributed by atoms with Crippen molar-refractivity contribution in [2.24, 2.45) is 0 Å². The second kappa shape index (κ2) is 11.5. The van der Waals surface area contributed by atoms with Crippen LogP contribution in [0.2, 0.25) is 5.02 Å². The van der Waals surface area contributed by atoms with E-state index in [2.05, 4.69) is 5.32 Å². The van der Waals surface area contributed by atoms with E-state index in [1.54, 1.807) is 43.3 Å². The van der Waals surface area contributed by atoms with Gasteiger partial charge in [0.2, 0.25) is 5.91 Å². The molecule has 0 spiro atoms. The van der Waals surface area contributed by atoms with Crippen molar-refractivity contribution >= 4 is 33.2 Å². The molecule has 4 aromatic rings. The first-order chi connectivity index (χ1) is 18.5. The van der Waals surface area contributed by atoms with Crippen LogP contribution < -0.4 is 9.62 Å². The van der Waals surface area contributed by atoms with E-state index in [1.165, 1.54) is 12.1 Å². The van der Waals surface area contributed by atoms with Crippen LogP contribution in [0.3, 0.4) is 0 Å². The fourth-order valence-electron chi connectivity index (χ4n) is 4.03. The Labute approximate surface area is 229 Å². The highest BCUT2D eigenvalue weighted by atomic mass is 35.5. The van der Waals surface area contributed by atoms with E-state index in [-0.39, 0.29) is 10.6 Å². The van der Waals surface area contributed by atoms with E-state index in [1.807, 2.05) is 36.4 Å². The quantitative estimate of drug-likeness (QED) is 0.253. The number of aryl methyl sites for hydroxylation is 1. The number of alkyl halides is 3. The number of anilines is 1. The van der Waals surface area contributed by atoms with E-state index in [4.69, 9.17) is 11.6 Å². The molecule has 0 unspecified atom stereocenters. The molecule has 5 nitrogen and oxygen atoms in total. The molecule has 4 aromatic carbocycles. The van der Waals surface area contributed by atoms with Crippen molar-refractivity contribution < 1.29 is 26.4 Å². The van der Waals surface area contributed by atoms with Crippen molar-refractivity contribution in [2.45, 2.75) is 24.0 Å². The zero-order valence-electron chi connectivity index (χ0n) is 20.7. The minimum absolute atomic E-state index is 0.174. The highest BCUT2D eigenvalue weighted by Gasteiger charge is 2.36. The van der Waals surface area contributed by atoms with Crippen LogP contribution in [0.1, 0.15) is 28.3 Å². The molecule has 0 aliphatic rings. The van der Waals surface area contributed by atoms with E-state index in [0.717, 1.165) is 28.8 Å². The number of nitrogens with zero attached hydrogens (tertiary/aromatic N) is 1. The zero-order valence-corrected chi connectivity index (χ0v) is 22.3. The van der Waals surface area contributed by atoms with E-state index in [9.17, 15) is 26.4 Å². The smallest absolute Gasteiger partial charge is 0.344 e. The maximum absolute atomic E-state index is 13.7. The normalized spacial score (nSPS) is 11.8. The second-order valence-electron chi connectivity index (χ2n) is 8.81. The lowest BCUT2D eigenvalue weighted by Crippen LogP contribution is -2.42. The average Bonchev–Trinajstić information content (AvgIpc) is 2.91. The predicted molar refractivity (Wildman–Crippen MR) is 145 cm³/mol. The maximum Gasteiger partial charge on any atom is 0.417 e. The van der Waals surface area contributed by atoms with Gasteiger partial charge in [-0.3, -0.25) is 9.10 Å². The Morgan fingerprint density at radius 2 is 1.41 bits per heavy atom. The number of rotatable bonds is 8. The fraction of sp³-hybridized carbons (Fsp3) is 0.138. The Morgan fingerprint density at radius 3 is 1.92 bits per heavy atom. The summed E-state index contributed by atoms with van der Waals surface area (Å²) in [6, 6.07) is 26.0. The second-order valence-corrected chi connectivity index (χ2v) is 11.1. The number of carbonyl (C=O) groups excluding carboxylic acids is 1. The number of carbonyl (C=O) groups is 1. The summed E-state index contributed by atoms with van der Waals surface area (Å²) < 4.78 is 68.9. The van der Waals surface area contributed by atoms with Crippen LogP contribution in [0.15, 0.2) is 108 Å². The number of halogens is 4. The minimum Gasteiger partial charge on any atom is -0.344 e. The van der Waals surface area contributed by atoms with Gasteiger partial charge in [-0.25, -0.2) is 8.42 Å². The maximum atomic E-state index is 13.7. The van der Waals surface area contributed by atoms with Crippen molar-refractivity contribution in [2.75, 3.05) is 10.8 Å². The van der Waals surface area contributed by atoms with Gasteiger partial charge < -0.3 is 5.32 Å². The molecule has 0 aliphatic heterocycles. The molecular formula is C29H24ClF3N2O3S. The Morgan fingerprint density at radius 1 is 0.872 bits per heavy atom. The molecule has 10 heteroatoms. The molecule has 1 amide bonds. The molecule has 0 heterocycles. The lowest BCUT2D eigenvalue weighted by Gasteiger charge is -2.27. The Hall–Kier alpha value is -3.82. The number of hydrogen-bond acceptors (Lipinski definition) is 3. The molecule has 0 radical (unpaired) electrons. The summed E-state index contributed by atoms with van der Waals surface area (Å²) in [7, 11) is -4.44. The Balaban J connectivity index is 1.75.